The van der Waals surface area contributed by atoms with E-state index in [4.69, 9.17) is 4.55 Å². The summed E-state index contributed by atoms with van der Waals surface area (Å²) >= 11 is 0. The van der Waals surface area contributed by atoms with Gasteiger partial charge in [-0.3, -0.25) is 14.1 Å². The lowest BCUT2D eigenvalue weighted by molar-refractivity contribution is -0.136. The van der Waals surface area contributed by atoms with Gasteiger partial charge in [0.05, 0.1) is 6.42 Å². The molecule has 9 heteroatoms. The van der Waals surface area contributed by atoms with Crippen molar-refractivity contribution in [3.8, 4) is 5.75 Å². The monoisotopic (exact) mass is 417 g/mol. The molecule has 0 radical (unpaired) electrons. The predicted octanol–water partition coefficient (Wildman–Crippen LogP) is 3.28. The van der Waals surface area contributed by atoms with E-state index in [1.54, 1.807) is 6.07 Å². The van der Waals surface area contributed by atoms with Crippen LogP contribution in [0, 0.1) is 0 Å². The van der Waals surface area contributed by atoms with Crippen LogP contribution in [-0.2, 0) is 30.6 Å². The van der Waals surface area contributed by atoms with Crippen molar-refractivity contribution in [3.63, 3.8) is 0 Å². The minimum atomic E-state index is -4.77. The van der Waals surface area contributed by atoms with Crippen LogP contribution >= 0.6 is 0 Å². The maximum absolute atomic E-state index is 10.4. The molecule has 160 valence electrons. The quantitative estimate of drug-likeness (QED) is 0.349. The van der Waals surface area contributed by atoms with Gasteiger partial charge in [0.25, 0.3) is 0 Å². The summed E-state index contributed by atoms with van der Waals surface area (Å²) in [4.78, 5) is 20.5. The molecule has 0 aliphatic carbocycles. The van der Waals surface area contributed by atoms with Gasteiger partial charge < -0.3 is 15.0 Å². The minimum absolute atomic E-state index is 0.325. The second-order valence-corrected chi connectivity index (χ2v) is 7.37. The van der Waals surface area contributed by atoms with Crippen molar-refractivity contribution in [1.82, 2.24) is 0 Å². The van der Waals surface area contributed by atoms with Crippen molar-refractivity contribution in [2.24, 2.45) is 5.73 Å². The molecule has 0 saturated carbocycles. The van der Waals surface area contributed by atoms with Gasteiger partial charge in [-0.2, -0.15) is 8.42 Å². The molecule has 0 fully saturated rings. The van der Waals surface area contributed by atoms with E-state index in [0.717, 1.165) is 12.0 Å². The molecule has 8 nitrogen and oxygen atoms in total. The van der Waals surface area contributed by atoms with Gasteiger partial charge in [0, 0.05) is 6.42 Å². The number of rotatable bonds is 12. The zero-order valence-electron chi connectivity index (χ0n) is 16.3. The molecule has 1 rings (SSSR count). The Balaban J connectivity index is 0.000000546. The highest BCUT2D eigenvalue weighted by atomic mass is 32.3. The molecule has 0 heterocycles. The zero-order chi connectivity index (χ0) is 21.4. The van der Waals surface area contributed by atoms with Crippen molar-refractivity contribution in [2.45, 2.75) is 71.1 Å². The highest BCUT2D eigenvalue weighted by Crippen LogP contribution is 2.18. The van der Waals surface area contributed by atoms with Crippen molar-refractivity contribution in [2.75, 3.05) is 0 Å². The lowest BCUT2D eigenvalue weighted by Gasteiger charge is -2.04. The van der Waals surface area contributed by atoms with Gasteiger partial charge in [0.2, 0.25) is 5.91 Å². The van der Waals surface area contributed by atoms with Gasteiger partial charge >= 0.3 is 16.4 Å². The number of nitrogens with two attached hydrogens (primary N) is 1. The average Bonchev–Trinajstić information content (AvgIpc) is 2.60. The summed E-state index contributed by atoms with van der Waals surface area (Å²) in [6.07, 6.45) is 9.48. The third kappa shape index (κ3) is 16.1. The predicted molar refractivity (Wildman–Crippen MR) is 106 cm³/mol. The van der Waals surface area contributed by atoms with E-state index in [1.165, 1.54) is 44.9 Å². The summed E-state index contributed by atoms with van der Waals surface area (Å²) in [6, 6.07) is 7.67. The SMILES string of the molecule is CCCCCCCCCc1ccccc1O.NC(=O)CCC(=O)OS(=O)(=O)O. The summed E-state index contributed by atoms with van der Waals surface area (Å²) in [6.45, 7) is 2.25. The van der Waals surface area contributed by atoms with E-state index >= 15 is 0 Å². The van der Waals surface area contributed by atoms with Crippen LogP contribution < -0.4 is 5.73 Å². The Hall–Kier alpha value is -2.13. The van der Waals surface area contributed by atoms with E-state index < -0.39 is 28.7 Å². The van der Waals surface area contributed by atoms with Gasteiger partial charge in [-0.05, 0) is 24.5 Å². The van der Waals surface area contributed by atoms with Crippen molar-refractivity contribution >= 4 is 22.3 Å². The molecule has 0 aliphatic heterocycles. The molecule has 28 heavy (non-hydrogen) atoms. The number of carbonyl (C=O) groups excluding carboxylic acids is 2. The van der Waals surface area contributed by atoms with Crippen LogP contribution in [0.2, 0.25) is 0 Å². The number of phenols is 1. The van der Waals surface area contributed by atoms with Crippen molar-refractivity contribution < 1.29 is 31.8 Å². The Morgan fingerprint density at radius 2 is 1.57 bits per heavy atom. The number of benzene rings is 1. The zero-order valence-corrected chi connectivity index (χ0v) is 17.1. The number of para-hydroxylation sites is 1. The molecule has 1 aromatic carbocycles. The summed E-state index contributed by atoms with van der Waals surface area (Å²) in [5.74, 6) is -1.54. The highest BCUT2D eigenvalue weighted by Gasteiger charge is 2.13. The van der Waals surface area contributed by atoms with Crippen LogP contribution in [-0.4, -0.2) is 30.0 Å². The number of unbranched alkanes of at least 4 members (excludes halogenated alkanes) is 6. The number of primary amides is 1. The van der Waals surface area contributed by atoms with Gasteiger partial charge in [0.15, 0.2) is 0 Å². The smallest absolute Gasteiger partial charge is 0.448 e. The summed E-state index contributed by atoms with van der Waals surface area (Å²) in [5.41, 5.74) is 5.74. The molecular formula is C19H31NO7S. The molecule has 0 aromatic heterocycles. The first kappa shape index (κ1) is 25.9. The molecule has 0 aliphatic rings. The first-order valence-corrected chi connectivity index (χ1v) is 10.8. The van der Waals surface area contributed by atoms with Crippen LogP contribution in [0.3, 0.4) is 0 Å². The summed E-state index contributed by atoms with van der Waals surface area (Å²) < 4.78 is 31.2. The largest absolute Gasteiger partial charge is 0.508 e. The number of aryl methyl sites for hydroxylation is 1. The number of aromatic hydroxyl groups is 1. The fourth-order valence-corrected chi connectivity index (χ4v) is 2.70. The first-order valence-electron chi connectivity index (χ1n) is 9.40. The van der Waals surface area contributed by atoms with E-state index in [1.807, 2.05) is 18.2 Å². The van der Waals surface area contributed by atoms with Crippen LogP contribution in [0.4, 0.5) is 0 Å². The van der Waals surface area contributed by atoms with E-state index in [0.29, 0.717) is 5.75 Å². The molecule has 0 spiro atoms. The van der Waals surface area contributed by atoms with Crippen molar-refractivity contribution in [3.05, 3.63) is 29.8 Å². The van der Waals surface area contributed by atoms with Crippen molar-refractivity contribution in [1.29, 1.82) is 0 Å². The molecule has 0 atom stereocenters. The number of carbonyl (C=O) groups is 2. The maximum atomic E-state index is 10.4. The third-order valence-electron chi connectivity index (χ3n) is 3.82. The highest BCUT2D eigenvalue weighted by molar-refractivity contribution is 7.81. The lowest BCUT2D eigenvalue weighted by Crippen LogP contribution is -2.16. The van der Waals surface area contributed by atoms with Gasteiger partial charge in [-0.15, -0.1) is 0 Å². The standard InChI is InChI=1S/C15H24O.C4H7NO6S/c1-2-3-4-5-6-7-8-11-14-12-9-10-13-15(14)16;5-3(6)1-2-4(7)11-12(8,9)10/h9-10,12-13,16H,2-8,11H2,1H3;1-2H2,(H2,5,6)(H,8,9,10). The van der Waals surface area contributed by atoms with Gasteiger partial charge in [-0.1, -0.05) is 63.6 Å². The molecule has 4 N–H and O–H groups in total. The first-order chi connectivity index (χ1) is 13.2. The summed E-state index contributed by atoms with van der Waals surface area (Å²) in [5, 5.41) is 9.58. The second-order valence-electron chi connectivity index (χ2n) is 6.35. The van der Waals surface area contributed by atoms with Crippen LogP contribution in [0.5, 0.6) is 5.75 Å². The number of phenolic OH excluding ortho intramolecular Hbond substituents is 1. The second kappa shape index (κ2) is 14.9. The van der Waals surface area contributed by atoms with Gasteiger partial charge in [0.1, 0.15) is 5.75 Å². The Labute approximate surface area is 167 Å². The Kier molecular flexibility index (Phi) is 13.7. The fourth-order valence-electron chi connectivity index (χ4n) is 2.38. The molecule has 0 bridgehead atoms. The van der Waals surface area contributed by atoms with Crippen LogP contribution in [0.15, 0.2) is 24.3 Å². The Morgan fingerprint density at radius 3 is 2.11 bits per heavy atom. The van der Waals surface area contributed by atoms with Gasteiger partial charge in [-0.25, -0.2) is 0 Å². The number of hydrogen-bond donors (Lipinski definition) is 3. The number of amides is 1. The average molecular weight is 418 g/mol. The Bertz CT molecular complexity index is 689. The van der Waals surface area contributed by atoms with E-state index in [2.05, 4.69) is 16.8 Å². The number of hydrogen-bond acceptors (Lipinski definition) is 6. The van der Waals surface area contributed by atoms with E-state index in [-0.39, 0.29) is 6.42 Å². The Morgan fingerprint density at radius 1 is 1.00 bits per heavy atom. The lowest BCUT2D eigenvalue weighted by atomic mass is 10.0. The molecular weight excluding hydrogens is 386 g/mol. The maximum Gasteiger partial charge on any atom is 0.448 e. The molecule has 1 amide bonds. The van der Waals surface area contributed by atoms with Crippen LogP contribution in [0.1, 0.15) is 70.3 Å². The molecule has 1 aromatic rings. The molecule has 0 unspecified atom stereocenters. The third-order valence-corrected chi connectivity index (χ3v) is 4.21. The topological polar surface area (TPSA) is 144 Å². The molecule has 0 saturated heterocycles. The summed E-state index contributed by atoms with van der Waals surface area (Å²) in [7, 11) is -4.77. The normalized spacial score (nSPS) is 10.6. The van der Waals surface area contributed by atoms with Crippen LogP contribution in [0.25, 0.3) is 0 Å². The minimum Gasteiger partial charge on any atom is -0.508 e. The van der Waals surface area contributed by atoms with E-state index in [9.17, 15) is 23.1 Å². The fraction of sp³-hybridized carbons (Fsp3) is 0.579.